The molecule has 0 aliphatic carbocycles. The van der Waals surface area contributed by atoms with Crippen LogP contribution in [0.3, 0.4) is 0 Å². The zero-order valence-electron chi connectivity index (χ0n) is 17.0. The molecule has 0 aliphatic rings. The van der Waals surface area contributed by atoms with E-state index in [1.165, 1.54) is 5.56 Å². The molecule has 0 fully saturated rings. The molecule has 0 saturated heterocycles. The molecule has 0 unspecified atom stereocenters. The van der Waals surface area contributed by atoms with Crippen LogP contribution in [0.15, 0.2) is 58.0 Å². The molecule has 0 N–H and O–H groups in total. The van der Waals surface area contributed by atoms with Crippen molar-refractivity contribution in [3.8, 4) is 11.5 Å². The molecule has 0 aliphatic heterocycles. The SMILES string of the molecule is CCOc1cc(C=Nc2cc(C)ccc2C)cc(Br)c1OCc1ccc(Cl)cc1Cl. The van der Waals surface area contributed by atoms with Crippen molar-refractivity contribution in [2.75, 3.05) is 6.61 Å². The highest BCUT2D eigenvalue weighted by Crippen LogP contribution is 2.38. The van der Waals surface area contributed by atoms with Gasteiger partial charge < -0.3 is 9.47 Å². The molecule has 3 nitrogen and oxygen atoms in total. The quantitative estimate of drug-likeness (QED) is 0.303. The highest BCUT2D eigenvalue weighted by molar-refractivity contribution is 9.10. The lowest BCUT2D eigenvalue weighted by Crippen LogP contribution is -2.02. The molecule has 3 aromatic rings. The summed E-state index contributed by atoms with van der Waals surface area (Å²) in [5, 5.41) is 1.15. The minimum Gasteiger partial charge on any atom is -0.490 e. The molecule has 3 aromatic carbocycles. The second-order valence-corrected chi connectivity index (χ2v) is 8.53. The van der Waals surface area contributed by atoms with Crippen LogP contribution < -0.4 is 9.47 Å². The van der Waals surface area contributed by atoms with Gasteiger partial charge in [0.1, 0.15) is 6.61 Å². The molecule has 0 aromatic heterocycles. The van der Waals surface area contributed by atoms with Crippen LogP contribution in [0.1, 0.15) is 29.2 Å². The van der Waals surface area contributed by atoms with E-state index in [4.69, 9.17) is 32.7 Å². The molecular formula is C24H22BrCl2NO2. The molecule has 0 radical (unpaired) electrons. The molecule has 3 rings (SSSR count). The zero-order valence-corrected chi connectivity index (χ0v) is 20.1. The number of aliphatic imine (C=N–C) groups is 1. The van der Waals surface area contributed by atoms with E-state index in [0.717, 1.165) is 26.9 Å². The van der Waals surface area contributed by atoms with Gasteiger partial charge in [0.15, 0.2) is 11.5 Å². The van der Waals surface area contributed by atoms with Crippen molar-refractivity contribution in [3.63, 3.8) is 0 Å². The van der Waals surface area contributed by atoms with E-state index in [9.17, 15) is 0 Å². The first-order valence-corrected chi connectivity index (χ1v) is 11.1. The lowest BCUT2D eigenvalue weighted by Gasteiger charge is -2.15. The number of benzene rings is 3. The van der Waals surface area contributed by atoms with E-state index in [2.05, 4.69) is 46.0 Å². The molecule has 0 bridgehead atoms. The van der Waals surface area contributed by atoms with E-state index >= 15 is 0 Å². The molecular weight excluding hydrogens is 485 g/mol. The Hall–Kier alpha value is -2.01. The lowest BCUT2D eigenvalue weighted by molar-refractivity contribution is 0.267. The molecule has 0 heterocycles. The maximum absolute atomic E-state index is 6.26. The van der Waals surface area contributed by atoms with E-state index in [1.807, 2.05) is 38.3 Å². The Labute approximate surface area is 195 Å². The number of hydrogen-bond acceptors (Lipinski definition) is 3. The highest BCUT2D eigenvalue weighted by atomic mass is 79.9. The van der Waals surface area contributed by atoms with Gasteiger partial charge in [-0.2, -0.15) is 0 Å². The third-order valence-electron chi connectivity index (χ3n) is 4.44. The maximum Gasteiger partial charge on any atom is 0.175 e. The fourth-order valence-electron chi connectivity index (χ4n) is 2.86. The summed E-state index contributed by atoms with van der Waals surface area (Å²) in [4.78, 5) is 4.65. The number of ether oxygens (including phenoxy) is 2. The van der Waals surface area contributed by atoms with Crippen LogP contribution in [0.2, 0.25) is 10.0 Å². The van der Waals surface area contributed by atoms with Crippen molar-refractivity contribution in [2.24, 2.45) is 4.99 Å². The number of halogens is 3. The average Bonchev–Trinajstić information content (AvgIpc) is 2.69. The number of hydrogen-bond donors (Lipinski definition) is 0. The molecule has 6 heteroatoms. The van der Waals surface area contributed by atoms with Crippen molar-refractivity contribution in [2.45, 2.75) is 27.4 Å². The molecule has 0 amide bonds. The molecule has 0 spiro atoms. The fraction of sp³-hybridized carbons (Fsp3) is 0.208. The number of aryl methyl sites for hydroxylation is 2. The predicted molar refractivity (Wildman–Crippen MR) is 129 cm³/mol. The first kappa shape index (κ1) is 22.7. The summed E-state index contributed by atoms with van der Waals surface area (Å²) in [5.41, 5.74) is 5.00. The molecule has 156 valence electrons. The van der Waals surface area contributed by atoms with Gasteiger partial charge in [0.25, 0.3) is 0 Å². The average molecular weight is 507 g/mol. The number of rotatable bonds is 7. The van der Waals surface area contributed by atoms with Crippen molar-refractivity contribution < 1.29 is 9.47 Å². The van der Waals surface area contributed by atoms with Crippen LogP contribution in [0.25, 0.3) is 0 Å². The van der Waals surface area contributed by atoms with Crippen LogP contribution in [0.5, 0.6) is 11.5 Å². The van der Waals surface area contributed by atoms with Crippen LogP contribution >= 0.6 is 39.1 Å². The largest absolute Gasteiger partial charge is 0.490 e. The van der Waals surface area contributed by atoms with Gasteiger partial charge in [-0.05, 0) is 83.7 Å². The first-order chi connectivity index (χ1) is 14.4. The molecule has 0 atom stereocenters. The topological polar surface area (TPSA) is 30.8 Å². The van der Waals surface area contributed by atoms with Gasteiger partial charge in [-0.3, -0.25) is 4.99 Å². The van der Waals surface area contributed by atoms with E-state index in [-0.39, 0.29) is 0 Å². The summed E-state index contributed by atoms with van der Waals surface area (Å²) >= 11 is 15.8. The summed E-state index contributed by atoms with van der Waals surface area (Å²) in [6, 6.07) is 15.4. The van der Waals surface area contributed by atoms with Crippen molar-refractivity contribution in [1.29, 1.82) is 0 Å². The fourth-order valence-corrected chi connectivity index (χ4v) is 3.89. The van der Waals surface area contributed by atoms with E-state index in [1.54, 1.807) is 12.1 Å². The van der Waals surface area contributed by atoms with Crippen LogP contribution in [0.4, 0.5) is 5.69 Å². The van der Waals surface area contributed by atoms with E-state index in [0.29, 0.717) is 34.8 Å². The van der Waals surface area contributed by atoms with Crippen molar-refractivity contribution >= 4 is 51.0 Å². The first-order valence-electron chi connectivity index (χ1n) is 9.51. The van der Waals surface area contributed by atoms with Crippen LogP contribution in [-0.2, 0) is 6.61 Å². The van der Waals surface area contributed by atoms with Gasteiger partial charge >= 0.3 is 0 Å². The third kappa shape index (κ3) is 5.78. The summed E-state index contributed by atoms with van der Waals surface area (Å²) in [5.74, 6) is 1.26. The highest BCUT2D eigenvalue weighted by Gasteiger charge is 2.13. The Balaban J connectivity index is 1.86. The zero-order chi connectivity index (χ0) is 21.7. The third-order valence-corrected chi connectivity index (χ3v) is 5.61. The smallest absolute Gasteiger partial charge is 0.175 e. The maximum atomic E-state index is 6.26. The lowest BCUT2D eigenvalue weighted by atomic mass is 10.1. The molecule has 0 saturated carbocycles. The Morgan fingerprint density at radius 1 is 1.00 bits per heavy atom. The minimum absolute atomic E-state index is 0.296. The number of nitrogens with zero attached hydrogens (tertiary/aromatic N) is 1. The van der Waals surface area contributed by atoms with Gasteiger partial charge in [0, 0.05) is 21.8 Å². The standard InChI is InChI=1S/C24H22BrCl2NO2/c1-4-29-23-11-17(13-28-22-9-15(2)5-6-16(22)3)10-20(25)24(23)30-14-18-7-8-19(26)12-21(18)27/h5-13H,4,14H2,1-3H3. The predicted octanol–water partition coefficient (Wildman–Crippen LogP) is 8.10. The van der Waals surface area contributed by atoms with Gasteiger partial charge in [0.2, 0.25) is 0 Å². The molecule has 30 heavy (non-hydrogen) atoms. The Bertz CT molecular complexity index is 1080. The van der Waals surface area contributed by atoms with Crippen molar-refractivity contribution in [1.82, 2.24) is 0 Å². The summed E-state index contributed by atoms with van der Waals surface area (Å²) < 4.78 is 12.6. The monoisotopic (exact) mass is 505 g/mol. The van der Waals surface area contributed by atoms with Gasteiger partial charge in [0.05, 0.1) is 16.8 Å². The van der Waals surface area contributed by atoms with Gasteiger partial charge in [-0.25, -0.2) is 0 Å². The van der Waals surface area contributed by atoms with Crippen LogP contribution in [0, 0.1) is 13.8 Å². The van der Waals surface area contributed by atoms with Gasteiger partial charge in [-0.1, -0.05) is 41.4 Å². The second-order valence-electron chi connectivity index (χ2n) is 6.84. The van der Waals surface area contributed by atoms with Crippen LogP contribution in [-0.4, -0.2) is 12.8 Å². The Morgan fingerprint density at radius 3 is 2.53 bits per heavy atom. The van der Waals surface area contributed by atoms with E-state index < -0.39 is 0 Å². The summed E-state index contributed by atoms with van der Waals surface area (Å²) in [6.07, 6.45) is 1.83. The summed E-state index contributed by atoms with van der Waals surface area (Å²) in [6.45, 7) is 6.85. The normalized spacial score (nSPS) is 11.1. The Morgan fingerprint density at radius 2 is 1.80 bits per heavy atom. The van der Waals surface area contributed by atoms with Gasteiger partial charge in [-0.15, -0.1) is 0 Å². The second kappa shape index (κ2) is 10.3. The Kier molecular flexibility index (Phi) is 7.81. The van der Waals surface area contributed by atoms with Crippen molar-refractivity contribution in [3.05, 3.63) is 85.3 Å². The summed E-state index contributed by atoms with van der Waals surface area (Å²) in [7, 11) is 0. The minimum atomic E-state index is 0.296.